The molecule has 1 rings (SSSR count). The van der Waals surface area contributed by atoms with Crippen molar-refractivity contribution in [3.8, 4) is 5.75 Å². The van der Waals surface area contributed by atoms with E-state index in [0.29, 0.717) is 5.02 Å². The van der Waals surface area contributed by atoms with Crippen LogP contribution in [-0.2, 0) is 0 Å². The van der Waals surface area contributed by atoms with Crippen molar-refractivity contribution in [2.75, 3.05) is 0 Å². The largest absolute Gasteiger partial charge is 0.543 e. The molecule has 0 heterocycles. The highest BCUT2D eigenvalue weighted by molar-refractivity contribution is 14.1. The van der Waals surface area contributed by atoms with E-state index in [1.165, 1.54) is 0 Å². The summed E-state index contributed by atoms with van der Waals surface area (Å²) in [6.45, 7) is 6.44. The molecule has 0 bridgehead atoms. The van der Waals surface area contributed by atoms with Crippen LogP contribution in [0.5, 0.6) is 5.75 Å². The number of benzene rings is 1. The monoisotopic (exact) mass is 326 g/mol. The van der Waals surface area contributed by atoms with Crippen molar-refractivity contribution in [2.45, 2.75) is 19.6 Å². The highest BCUT2D eigenvalue weighted by Crippen LogP contribution is 2.31. The van der Waals surface area contributed by atoms with Crippen LogP contribution in [0.25, 0.3) is 0 Å². The second-order valence-corrected chi connectivity index (χ2v) is 9.76. The Morgan fingerprint density at radius 1 is 1.31 bits per heavy atom. The van der Waals surface area contributed by atoms with E-state index >= 15 is 0 Å². The second kappa shape index (κ2) is 4.19. The molecule has 0 aliphatic carbocycles. The van der Waals surface area contributed by atoms with Crippen LogP contribution in [0.3, 0.4) is 0 Å². The van der Waals surface area contributed by atoms with Gasteiger partial charge in [0.25, 0.3) is 0 Å². The molecular formula is C9H12ClIOSi. The SMILES string of the molecule is C[Si](C)(C)Oc1c(Cl)cccc1I. The van der Waals surface area contributed by atoms with Crippen LogP contribution in [0, 0.1) is 3.57 Å². The van der Waals surface area contributed by atoms with Crippen molar-refractivity contribution in [1.29, 1.82) is 0 Å². The maximum atomic E-state index is 6.03. The van der Waals surface area contributed by atoms with Crippen molar-refractivity contribution in [1.82, 2.24) is 0 Å². The van der Waals surface area contributed by atoms with Crippen LogP contribution in [0.15, 0.2) is 18.2 Å². The van der Waals surface area contributed by atoms with Gasteiger partial charge in [-0.3, -0.25) is 0 Å². The number of halogens is 2. The third kappa shape index (κ3) is 3.48. The van der Waals surface area contributed by atoms with E-state index in [0.717, 1.165) is 9.32 Å². The van der Waals surface area contributed by atoms with Crippen LogP contribution >= 0.6 is 34.2 Å². The van der Waals surface area contributed by atoms with Gasteiger partial charge in [0.15, 0.2) is 0 Å². The zero-order valence-corrected chi connectivity index (χ0v) is 11.8. The smallest absolute Gasteiger partial charge is 0.242 e. The molecule has 0 spiro atoms. The maximum Gasteiger partial charge on any atom is 0.242 e. The summed E-state index contributed by atoms with van der Waals surface area (Å²) in [5.74, 6) is 0.837. The van der Waals surface area contributed by atoms with Gasteiger partial charge in [-0.25, -0.2) is 0 Å². The van der Waals surface area contributed by atoms with Crippen LogP contribution < -0.4 is 4.43 Å². The van der Waals surface area contributed by atoms with Crippen molar-refractivity contribution >= 4 is 42.5 Å². The molecule has 0 amide bonds. The minimum Gasteiger partial charge on any atom is -0.543 e. The first-order chi connectivity index (χ1) is 5.90. The lowest BCUT2D eigenvalue weighted by Crippen LogP contribution is -2.29. The molecule has 1 aromatic carbocycles. The number of rotatable bonds is 2. The van der Waals surface area contributed by atoms with E-state index in [1.54, 1.807) is 0 Å². The standard InChI is InChI=1S/C9H12ClIOSi/c1-13(2,3)12-9-7(10)5-4-6-8(9)11/h4-6H,1-3H3. The van der Waals surface area contributed by atoms with Gasteiger partial charge >= 0.3 is 0 Å². The van der Waals surface area contributed by atoms with Crippen LogP contribution in [0.1, 0.15) is 0 Å². The average molecular weight is 327 g/mol. The zero-order chi connectivity index (χ0) is 10.1. The Morgan fingerprint density at radius 3 is 2.38 bits per heavy atom. The van der Waals surface area contributed by atoms with Gasteiger partial charge < -0.3 is 4.43 Å². The Morgan fingerprint density at radius 2 is 1.92 bits per heavy atom. The summed E-state index contributed by atoms with van der Waals surface area (Å²) in [5, 5.41) is 0.703. The Labute approximate surface area is 98.7 Å². The topological polar surface area (TPSA) is 9.23 Å². The van der Waals surface area contributed by atoms with Crippen molar-refractivity contribution in [3.63, 3.8) is 0 Å². The summed E-state index contributed by atoms with van der Waals surface area (Å²) >= 11 is 8.27. The third-order valence-corrected chi connectivity index (χ3v) is 3.29. The Balaban J connectivity index is 3.00. The summed E-state index contributed by atoms with van der Waals surface area (Å²) in [6.07, 6.45) is 0. The highest BCUT2D eigenvalue weighted by atomic mass is 127. The molecule has 0 N–H and O–H groups in total. The average Bonchev–Trinajstić information content (AvgIpc) is 1.95. The molecule has 0 atom stereocenters. The van der Waals surface area contributed by atoms with E-state index in [9.17, 15) is 0 Å². The maximum absolute atomic E-state index is 6.03. The van der Waals surface area contributed by atoms with Crippen molar-refractivity contribution in [2.24, 2.45) is 0 Å². The fraction of sp³-hybridized carbons (Fsp3) is 0.333. The molecule has 72 valence electrons. The van der Waals surface area contributed by atoms with Gasteiger partial charge in [-0.15, -0.1) is 0 Å². The number of para-hydroxylation sites is 1. The normalized spacial score (nSPS) is 11.5. The summed E-state index contributed by atoms with van der Waals surface area (Å²) in [7, 11) is -1.55. The molecular weight excluding hydrogens is 315 g/mol. The molecule has 0 aliphatic heterocycles. The van der Waals surface area contributed by atoms with Crippen LogP contribution in [-0.4, -0.2) is 8.32 Å². The van der Waals surface area contributed by atoms with E-state index < -0.39 is 8.32 Å². The van der Waals surface area contributed by atoms with E-state index in [4.69, 9.17) is 16.0 Å². The van der Waals surface area contributed by atoms with E-state index in [-0.39, 0.29) is 0 Å². The fourth-order valence-electron chi connectivity index (χ4n) is 0.886. The summed E-state index contributed by atoms with van der Waals surface area (Å²) in [4.78, 5) is 0. The quantitative estimate of drug-likeness (QED) is 0.586. The lowest BCUT2D eigenvalue weighted by molar-refractivity contribution is 0.554. The summed E-state index contributed by atoms with van der Waals surface area (Å²) in [5.41, 5.74) is 0. The number of hydrogen-bond donors (Lipinski definition) is 0. The molecule has 0 unspecified atom stereocenters. The molecule has 4 heteroatoms. The molecule has 0 saturated heterocycles. The van der Waals surface area contributed by atoms with Crippen molar-refractivity contribution < 1.29 is 4.43 Å². The predicted molar refractivity (Wildman–Crippen MR) is 68.1 cm³/mol. The molecule has 0 fully saturated rings. The Bertz CT molecular complexity index is 289. The number of hydrogen-bond acceptors (Lipinski definition) is 1. The van der Waals surface area contributed by atoms with Gasteiger partial charge in [0.2, 0.25) is 8.32 Å². The minimum absolute atomic E-state index is 0.703. The molecule has 0 aliphatic rings. The van der Waals surface area contributed by atoms with Crippen LogP contribution in [0.2, 0.25) is 24.7 Å². The molecule has 0 radical (unpaired) electrons. The van der Waals surface area contributed by atoms with E-state index in [1.807, 2.05) is 18.2 Å². The Hall–Kier alpha value is 0.257. The predicted octanol–water partition coefficient (Wildman–Crippen LogP) is 4.16. The van der Waals surface area contributed by atoms with Gasteiger partial charge in [-0.2, -0.15) is 0 Å². The molecule has 1 aromatic rings. The van der Waals surface area contributed by atoms with E-state index in [2.05, 4.69) is 42.2 Å². The lowest BCUT2D eigenvalue weighted by atomic mass is 10.3. The second-order valence-electron chi connectivity index (χ2n) is 3.77. The molecule has 1 nitrogen and oxygen atoms in total. The van der Waals surface area contributed by atoms with Crippen LogP contribution in [0.4, 0.5) is 0 Å². The van der Waals surface area contributed by atoms with Gasteiger partial charge in [-0.1, -0.05) is 17.7 Å². The van der Waals surface area contributed by atoms with Gasteiger partial charge in [0.1, 0.15) is 5.75 Å². The molecule has 13 heavy (non-hydrogen) atoms. The summed E-state index contributed by atoms with van der Waals surface area (Å²) < 4.78 is 6.94. The Kier molecular flexibility index (Phi) is 3.65. The molecule has 0 aromatic heterocycles. The summed E-state index contributed by atoms with van der Waals surface area (Å²) in [6, 6.07) is 5.79. The lowest BCUT2D eigenvalue weighted by Gasteiger charge is -2.21. The third-order valence-electron chi connectivity index (χ3n) is 1.33. The van der Waals surface area contributed by atoms with Gasteiger partial charge in [-0.05, 0) is 54.4 Å². The zero-order valence-electron chi connectivity index (χ0n) is 7.90. The minimum atomic E-state index is -1.55. The highest BCUT2D eigenvalue weighted by Gasteiger charge is 2.19. The van der Waals surface area contributed by atoms with Gasteiger partial charge in [0, 0.05) is 0 Å². The molecule has 0 saturated carbocycles. The first kappa shape index (κ1) is 11.3. The first-order valence-electron chi connectivity index (χ1n) is 4.03. The van der Waals surface area contributed by atoms with Crippen molar-refractivity contribution in [3.05, 3.63) is 26.8 Å². The van der Waals surface area contributed by atoms with Gasteiger partial charge in [0.05, 0.1) is 8.59 Å². The fourth-order valence-corrected chi connectivity index (χ4v) is 2.97. The first-order valence-corrected chi connectivity index (χ1v) is 8.90.